The summed E-state index contributed by atoms with van der Waals surface area (Å²) >= 11 is 3.54. The number of rotatable bonds is 3. The van der Waals surface area contributed by atoms with E-state index in [4.69, 9.17) is 5.73 Å². The second-order valence-corrected chi connectivity index (χ2v) is 7.08. The minimum absolute atomic E-state index is 0. The number of carbonyl (C=O) groups excluding carboxylic acids is 1. The Morgan fingerprint density at radius 2 is 2.00 bits per heavy atom. The molecule has 2 bridgehead atoms. The van der Waals surface area contributed by atoms with Gasteiger partial charge in [-0.2, -0.15) is 0 Å². The summed E-state index contributed by atoms with van der Waals surface area (Å²) in [5.41, 5.74) is 7.41. The Morgan fingerprint density at radius 3 is 2.62 bits per heavy atom. The summed E-state index contributed by atoms with van der Waals surface area (Å²) in [6.45, 7) is 0.640. The van der Waals surface area contributed by atoms with Crippen LogP contribution in [0, 0.1) is 17.8 Å². The number of amides is 1. The first-order valence-corrected chi connectivity index (χ1v) is 8.11. The second-order valence-electron chi connectivity index (χ2n) is 6.22. The average molecular weight is 374 g/mol. The van der Waals surface area contributed by atoms with Crippen LogP contribution in [0.2, 0.25) is 0 Å². The molecule has 2 saturated carbocycles. The fraction of sp³-hybridized carbons (Fsp3) is 0.562. The molecular formula is C16H22BrClN2O. The number of halogens is 2. The Kier molecular flexibility index (Phi) is 5.33. The van der Waals surface area contributed by atoms with Crippen molar-refractivity contribution in [3.05, 3.63) is 34.3 Å². The SMILES string of the molecule is CN(Cc1ccccc1Br)C(=O)C1C2CCC(C2)C1N.Cl. The average Bonchev–Trinajstić information content (AvgIpc) is 3.01. The van der Waals surface area contributed by atoms with Gasteiger partial charge in [0.05, 0.1) is 5.92 Å². The molecule has 2 fully saturated rings. The summed E-state index contributed by atoms with van der Waals surface area (Å²) in [4.78, 5) is 14.5. The van der Waals surface area contributed by atoms with Crippen molar-refractivity contribution in [2.75, 3.05) is 7.05 Å². The van der Waals surface area contributed by atoms with Crippen LogP contribution in [0.5, 0.6) is 0 Å². The lowest BCUT2D eigenvalue weighted by molar-refractivity contribution is -0.137. The van der Waals surface area contributed by atoms with Gasteiger partial charge in [0.25, 0.3) is 0 Å². The van der Waals surface area contributed by atoms with Gasteiger partial charge in [-0.3, -0.25) is 4.79 Å². The number of nitrogens with two attached hydrogens (primary N) is 1. The van der Waals surface area contributed by atoms with Crippen LogP contribution in [0.15, 0.2) is 28.7 Å². The standard InChI is InChI=1S/C16H21BrN2O.ClH/c1-19(9-12-4-2-3-5-13(12)17)16(20)14-10-6-7-11(8-10)15(14)18;/h2-5,10-11,14-15H,6-9,18H2,1H3;1H. The normalized spacial score (nSPS) is 30.0. The molecule has 2 aliphatic carbocycles. The van der Waals surface area contributed by atoms with Gasteiger partial charge < -0.3 is 10.6 Å². The molecule has 4 atom stereocenters. The first-order valence-electron chi connectivity index (χ1n) is 7.32. The monoisotopic (exact) mass is 372 g/mol. The van der Waals surface area contributed by atoms with Crippen LogP contribution in [-0.2, 0) is 11.3 Å². The predicted octanol–water partition coefficient (Wildman–Crippen LogP) is 3.20. The number of benzene rings is 1. The molecule has 2 N–H and O–H groups in total. The van der Waals surface area contributed by atoms with Crippen LogP contribution in [0.4, 0.5) is 0 Å². The lowest BCUT2D eigenvalue weighted by atomic mass is 9.84. The molecule has 1 amide bonds. The highest BCUT2D eigenvalue weighted by molar-refractivity contribution is 9.10. The van der Waals surface area contributed by atoms with Crippen molar-refractivity contribution in [1.29, 1.82) is 0 Å². The van der Waals surface area contributed by atoms with Crippen LogP contribution in [0.1, 0.15) is 24.8 Å². The van der Waals surface area contributed by atoms with Crippen molar-refractivity contribution < 1.29 is 4.79 Å². The van der Waals surface area contributed by atoms with Gasteiger partial charge in [0.2, 0.25) is 5.91 Å². The summed E-state index contributed by atoms with van der Waals surface area (Å²) in [6.07, 6.45) is 3.54. The van der Waals surface area contributed by atoms with Crippen LogP contribution >= 0.6 is 28.3 Å². The zero-order chi connectivity index (χ0) is 14.3. The highest BCUT2D eigenvalue weighted by Gasteiger charge is 2.49. The van der Waals surface area contributed by atoms with Gasteiger partial charge in [0.1, 0.15) is 0 Å². The van der Waals surface area contributed by atoms with E-state index in [9.17, 15) is 4.79 Å². The molecule has 0 spiro atoms. The van der Waals surface area contributed by atoms with Crippen molar-refractivity contribution in [2.45, 2.75) is 31.8 Å². The van der Waals surface area contributed by atoms with Gasteiger partial charge in [-0.25, -0.2) is 0 Å². The molecule has 3 nitrogen and oxygen atoms in total. The smallest absolute Gasteiger partial charge is 0.227 e. The molecule has 1 aromatic carbocycles. The van der Waals surface area contributed by atoms with E-state index in [0.717, 1.165) is 16.5 Å². The van der Waals surface area contributed by atoms with Gasteiger partial charge in [-0.05, 0) is 42.7 Å². The summed E-state index contributed by atoms with van der Waals surface area (Å²) in [7, 11) is 1.89. The largest absolute Gasteiger partial charge is 0.341 e. The Balaban J connectivity index is 0.00000161. The highest BCUT2D eigenvalue weighted by atomic mass is 79.9. The molecule has 4 unspecified atom stereocenters. The topological polar surface area (TPSA) is 46.3 Å². The maximum Gasteiger partial charge on any atom is 0.227 e. The molecule has 2 aliphatic rings. The molecule has 0 aliphatic heterocycles. The zero-order valence-corrected chi connectivity index (χ0v) is 14.6. The molecule has 0 radical (unpaired) electrons. The molecular weight excluding hydrogens is 352 g/mol. The molecule has 21 heavy (non-hydrogen) atoms. The number of carbonyl (C=O) groups is 1. The Labute approximate surface area is 140 Å². The lowest BCUT2D eigenvalue weighted by Gasteiger charge is -2.31. The maximum atomic E-state index is 12.7. The van der Waals surface area contributed by atoms with Gasteiger partial charge in [0, 0.05) is 24.1 Å². The van der Waals surface area contributed by atoms with Crippen LogP contribution in [0.25, 0.3) is 0 Å². The van der Waals surface area contributed by atoms with Gasteiger partial charge >= 0.3 is 0 Å². The van der Waals surface area contributed by atoms with E-state index in [0.29, 0.717) is 18.4 Å². The summed E-state index contributed by atoms with van der Waals surface area (Å²) in [5.74, 6) is 1.36. The predicted molar refractivity (Wildman–Crippen MR) is 90.2 cm³/mol. The van der Waals surface area contributed by atoms with Crippen molar-refractivity contribution in [1.82, 2.24) is 4.90 Å². The second kappa shape index (κ2) is 6.67. The van der Waals surface area contributed by atoms with E-state index in [1.165, 1.54) is 12.8 Å². The number of hydrogen-bond donors (Lipinski definition) is 1. The molecule has 1 aromatic rings. The van der Waals surface area contributed by atoms with E-state index in [-0.39, 0.29) is 30.3 Å². The molecule has 5 heteroatoms. The minimum Gasteiger partial charge on any atom is -0.341 e. The van der Waals surface area contributed by atoms with Crippen LogP contribution < -0.4 is 5.73 Å². The van der Waals surface area contributed by atoms with Gasteiger partial charge in [-0.15, -0.1) is 12.4 Å². The van der Waals surface area contributed by atoms with Crippen molar-refractivity contribution >= 4 is 34.2 Å². The quantitative estimate of drug-likeness (QED) is 0.884. The van der Waals surface area contributed by atoms with E-state index in [1.807, 2.05) is 30.1 Å². The fourth-order valence-corrected chi connectivity index (χ4v) is 4.33. The summed E-state index contributed by atoms with van der Waals surface area (Å²) < 4.78 is 1.05. The summed E-state index contributed by atoms with van der Waals surface area (Å²) in [6, 6.07) is 8.12. The van der Waals surface area contributed by atoms with Gasteiger partial charge in [0.15, 0.2) is 0 Å². The summed E-state index contributed by atoms with van der Waals surface area (Å²) in [5, 5.41) is 0. The van der Waals surface area contributed by atoms with E-state index < -0.39 is 0 Å². The Morgan fingerprint density at radius 1 is 1.33 bits per heavy atom. The Hall–Kier alpha value is -0.580. The highest BCUT2D eigenvalue weighted by Crippen LogP contribution is 2.48. The minimum atomic E-state index is 0. The Bertz CT molecular complexity index is 523. The third kappa shape index (κ3) is 3.13. The van der Waals surface area contributed by atoms with Gasteiger partial charge in [-0.1, -0.05) is 34.1 Å². The van der Waals surface area contributed by atoms with E-state index >= 15 is 0 Å². The molecule has 0 heterocycles. The van der Waals surface area contributed by atoms with E-state index in [2.05, 4.69) is 22.0 Å². The number of hydrogen-bond acceptors (Lipinski definition) is 2. The molecule has 0 saturated heterocycles. The number of nitrogens with zero attached hydrogens (tertiary/aromatic N) is 1. The maximum absolute atomic E-state index is 12.7. The molecule has 3 rings (SSSR count). The molecule has 0 aromatic heterocycles. The van der Waals surface area contributed by atoms with Crippen molar-refractivity contribution in [3.8, 4) is 0 Å². The third-order valence-electron chi connectivity index (χ3n) is 5.01. The fourth-order valence-electron chi connectivity index (χ4n) is 3.92. The van der Waals surface area contributed by atoms with Crippen LogP contribution in [-0.4, -0.2) is 23.9 Å². The first kappa shape index (κ1) is 16.8. The zero-order valence-electron chi connectivity index (χ0n) is 12.2. The van der Waals surface area contributed by atoms with E-state index in [1.54, 1.807) is 0 Å². The van der Waals surface area contributed by atoms with Crippen molar-refractivity contribution in [2.24, 2.45) is 23.5 Å². The lowest BCUT2D eigenvalue weighted by Crippen LogP contribution is -2.45. The number of fused-ring (bicyclic) bond motifs is 2. The molecule has 116 valence electrons. The van der Waals surface area contributed by atoms with Crippen LogP contribution in [0.3, 0.4) is 0 Å². The third-order valence-corrected chi connectivity index (χ3v) is 5.78. The first-order chi connectivity index (χ1) is 9.58. The van der Waals surface area contributed by atoms with Crippen molar-refractivity contribution in [3.63, 3.8) is 0 Å².